The van der Waals surface area contributed by atoms with Gasteiger partial charge in [-0.15, -0.1) is 12.4 Å². The maximum absolute atomic E-state index is 11.5. The zero-order valence-corrected chi connectivity index (χ0v) is 10.4. The number of carbonyl (C=O) groups is 1. The van der Waals surface area contributed by atoms with Gasteiger partial charge in [-0.25, -0.2) is 14.5 Å². The van der Waals surface area contributed by atoms with Gasteiger partial charge in [0.05, 0.1) is 18.4 Å². The minimum Gasteiger partial charge on any atom is -0.465 e. The Labute approximate surface area is 109 Å². The first-order valence-corrected chi connectivity index (χ1v) is 4.83. The molecule has 0 radical (unpaired) electrons. The minimum absolute atomic E-state index is 0. The third-order valence-electron chi connectivity index (χ3n) is 2.03. The van der Waals surface area contributed by atoms with Gasteiger partial charge in [-0.2, -0.15) is 5.10 Å². The third-order valence-corrected chi connectivity index (χ3v) is 2.26. The van der Waals surface area contributed by atoms with Crippen molar-refractivity contribution in [3.05, 3.63) is 41.4 Å². The molecule has 0 fully saturated rings. The molecule has 2 rings (SSSR count). The quantitative estimate of drug-likeness (QED) is 0.787. The van der Waals surface area contributed by atoms with Crippen molar-refractivity contribution in [3.8, 4) is 5.69 Å². The molecule has 0 unspecified atom stereocenters. The largest absolute Gasteiger partial charge is 0.465 e. The second-order valence-corrected chi connectivity index (χ2v) is 3.43. The van der Waals surface area contributed by atoms with E-state index in [2.05, 4.69) is 14.8 Å². The monoisotopic (exact) mass is 273 g/mol. The molecule has 7 heteroatoms. The molecular formula is C10H9Cl2N3O2. The van der Waals surface area contributed by atoms with E-state index in [1.807, 2.05) is 0 Å². The van der Waals surface area contributed by atoms with Crippen LogP contribution in [0.15, 0.2) is 30.9 Å². The highest BCUT2D eigenvalue weighted by atomic mass is 35.5. The van der Waals surface area contributed by atoms with Crippen LogP contribution in [0.1, 0.15) is 10.4 Å². The third kappa shape index (κ3) is 2.75. The molecule has 0 aliphatic heterocycles. The molecule has 0 saturated heterocycles. The van der Waals surface area contributed by atoms with Crippen molar-refractivity contribution in [2.45, 2.75) is 0 Å². The highest BCUT2D eigenvalue weighted by Gasteiger charge is 2.14. The van der Waals surface area contributed by atoms with Crippen molar-refractivity contribution in [2.24, 2.45) is 0 Å². The Kier molecular flexibility index (Phi) is 4.48. The van der Waals surface area contributed by atoms with Crippen LogP contribution in [0, 0.1) is 0 Å². The first kappa shape index (κ1) is 13.5. The molecular weight excluding hydrogens is 265 g/mol. The van der Waals surface area contributed by atoms with Crippen LogP contribution in [-0.2, 0) is 4.74 Å². The van der Waals surface area contributed by atoms with Gasteiger partial charge in [0.1, 0.15) is 12.7 Å². The standard InChI is InChI=1S/C10H8ClN3O2.ClH/c1-16-10(15)8-4-7(11)2-3-9(8)14-6-12-5-13-14;/h2-6H,1H3;1H. The van der Waals surface area contributed by atoms with E-state index < -0.39 is 5.97 Å². The van der Waals surface area contributed by atoms with E-state index >= 15 is 0 Å². The van der Waals surface area contributed by atoms with Crippen LogP contribution in [0.2, 0.25) is 5.02 Å². The second kappa shape index (κ2) is 5.65. The number of methoxy groups -OCH3 is 1. The Morgan fingerprint density at radius 1 is 1.47 bits per heavy atom. The van der Waals surface area contributed by atoms with Gasteiger partial charge in [0, 0.05) is 5.02 Å². The molecule has 1 heterocycles. The van der Waals surface area contributed by atoms with E-state index in [0.29, 0.717) is 16.3 Å². The summed E-state index contributed by atoms with van der Waals surface area (Å²) in [5.74, 6) is -0.465. The van der Waals surface area contributed by atoms with Gasteiger partial charge in [0.25, 0.3) is 0 Å². The van der Waals surface area contributed by atoms with Crippen molar-refractivity contribution >= 4 is 30.0 Å². The summed E-state index contributed by atoms with van der Waals surface area (Å²) < 4.78 is 6.15. The van der Waals surface area contributed by atoms with Crippen LogP contribution in [0.3, 0.4) is 0 Å². The van der Waals surface area contributed by atoms with E-state index in [1.165, 1.54) is 30.5 Å². The summed E-state index contributed by atoms with van der Waals surface area (Å²) in [6, 6.07) is 4.89. The van der Waals surface area contributed by atoms with Crippen molar-refractivity contribution in [1.82, 2.24) is 14.8 Å². The number of esters is 1. The van der Waals surface area contributed by atoms with Gasteiger partial charge in [-0.05, 0) is 18.2 Å². The van der Waals surface area contributed by atoms with Crippen LogP contribution in [-0.4, -0.2) is 27.8 Å². The van der Waals surface area contributed by atoms with Gasteiger partial charge in [0.2, 0.25) is 0 Å². The Morgan fingerprint density at radius 2 is 2.24 bits per heavy atom. The molecule has 0 spiro atoms. The Balaban J connectivity index is 0.00000144. The minimum atomic E-state index is -0.465. The molecule has 0 saturated carbocycles. The van der Waals surface area contributed by atoms with E-state index in [9.17, 15) is 4.79 Å². The lowest BCUT2D eigenvalue weighted by atomic mass is 10.2. The fourth-order valence-electron chi connectivity index (χ4n) is 1.31. The Hall–Kier alpha value is -1.59. The number of nitrogens with zero attached hydrogens (tertiary/aromatic N) is 3. The molecule has 0 N–H and O–H groups in total. The molecule has 5 nitrogen and oxygen atoms in total. The number of aromatic nitrogens is 3. The molecule has 1 aromatic carbocycles. The zero-order chi connectivity index (χ0) is 11.5. The summed E-state index contributed by atoms with van der Waals surface area (Å²) in [5, 5.41) is 4.41. The van der Waals surface area contributed by atoms with E-state index in [4.69, 9.17) is 11.6 Å². The van der Waals surface area contributed by atoms with Crippen LogP contribution < -0.4 is 0 Å². The van der Waals surface area contributed by atoms with E-state index in [-0.39, 0.29) is 12.4 Å². The fourth-order valence-corrected chi connectivity index (χ4v) is 1.49. The molecule has 0 aliphatic carbocycles. The Bertz CT molecular complexity index is 514. The van der Waals surface area contributed by atoms with Crippen LogP contribution in [0.5, 0.6) is 0 Å². The average Bonchev–Trinajstić information content (AvgIpc) is 2.81. The normalized spacial score (nSPS) is 9.53. The summed E-state index contributed by atoms with van der Waals surface area (Å²) in [6.45, 7) is 0. The maximum Gasteiger partial charge on any atom is 0.340 e. The number of carbonyl (C=O) groups excluding carboxylic acids is 1. The van der Waals surface area contributed by atoms with Crippen LogP contribution in [0.25, 0.3) is 5.69 Å². The second-order valence-electron chi connectivity index (χ2n) is 2.99. The molecule has 0 amide bonds. The molecule has 0 bridgehead atoms. The lowest BCUT2D eigenvalue weighted by Crippen LogP contribution is -2.08. The summed E-state index contributed by atoms with van der Waals surface area (Å²) in [5.41, 5.74) is 0.925. The summed E-state index contributed by atoms with van der Waals surface area (Å²) in [7, 11) is 1.31. The van der Waals surface area contributed by atoms with Gasteiger partial charge in [0.15, 0.2) is 0 Å². The molecule has 1 aromatic heterocycles. The predicted octanol–water partition coefficient (Wildman–Crippen LogP) is 2.13. The first-order chi connectivity index (χ1) is 7.72. The topological polar surface area (TPSA) is 57.0 Å². The van der Waals surface area contributed by atoms with Gasteiger partial charge in [-0.1, -0.05) is 11.6 Å². The van der Waals surface area contributed by atoms with E-state index in [1.54, 1.807) is 12.1 Å². The lowest BCUT2D eigenvalue weighted by Gasteiger charge is -2.07. The van der Waals surface area contributed by atoms with Crippen LogP contribution >= 0.6 is 24.0 Å². The number of hydrogen-bond donors (Lipinski definition) is 0. The molecule has 2 aromatic rings. The summed E-state index contributed by atoms with van der Waals surface area (Å²) in [4.78, 5) is 15.4. The van der Waals surface area contributed by atoms with Gasteiger partial charge >= 0.3 is 5.97 Å². The first-order valence-electron chi connectivity index (χ1n) is 4.45. The number of halogens is 2. The van der Waals surface area contributed by atoms with Crippen molar-refractivity contribution in [1.29, 1.82) is 0 Å². The lowest BCUT2D eigenvalue weighted by molar-refractivity contribution is 0.0600. The summed E-state index contributed by atoms with van der Waals surface area (Å²) in [6.07, 6.45) is 2.88. The zero-order valence-electron chi connectivity index (χ0n) is 8.83. The van der Waals surface area contributed by atoms with Gasteiger partial charge in [-0.3, -0.25) is 0 Å². The van der Waals surface area contributed by atoms with Crippen molar-refractivity contribution < 1.29 is 9.53 Å². The molecule has 17 heavy (non-hydrogen) atoms. The fraction of sp³-hybridized carbons (Fsp3) is 0.100. The molecule has 90 valence electrons. The maximum atomic E-state index is 11.5. The molecule has 0 aliphatic rings. The number of hydrogen-bond acceptors (Lipinski definition) is 4. The SMILES string of the molecule is COC(=O)c1cc(Cl)ccc1-n1cncn1.Cl. The van der Waals surface area contributed by atoms with Crippen molar-refractivity contribution in [2.75, 3.05) is 7.11 Å². The van der Waals surface area contributed by atoms with E-state index in [0.717, 1.165) is 0 Å². The van der Waals surface area contributed by atoms with Gasteiger partial charge < -0.3 is 4.74 Å². The predicted molar refractivity (Wildman–Crippen MR) is 65.0 cm³/mol. The highest BCUT2D eigenvalue weighted by Crippen LogP contribution is 2.19. The summed E-state index contributed by atoms with van der Waals surface area (Å²) >= 11 is 5.83. The number of benzene rings is 1. The van der Waals surface area contributed by atoms with Crippen LogP contribution in [0.4, 0.5) is 0 Å². The van der Waals surface area contributed by atoms with Crippen molar-refractivity contribution in [3.63, 3.8) is 0 Å². The number of rotatable bonds is 2. The Morgan fingerprint density at radius 3 is 2.82 bits per heavy atom. The molecule has 0 atom stereocenters. The highest BCUT2D eigenvalue weighted by molar-refractivity contribution is 6.31. The number of ether oxygens (including phenoxy) is 1. The smallest absolute Gasteiger partial charge is 0.340 e. The average molecular weight is 274 g/mol.